The number of nitrogens with one attached hydrogen (secondary N) is 2. The van der Waals surface area contributed by atoms with Crippen LogP contribution in [0.5, 0.6) is 0 Å². The molecule has 0 amide bonds. The van der Waals surface area contributed by atoms with Crippen LogP contribution in [-0.2, 0) is 0 Å². The summed E-state index contributed by atoms with van der Waals surface area (Å²) in [7, 11) is 3.85. The van der Waals surface area contributed by atoms with E-state index in [9.17, 15) is 13.2 Å². The molecule has 142 valence electrons. The summed E-state index contributed by atoms with van der Waals surface area (Å²) >= 11 is 0. The number of likely N-dealkylation sites (N-methyl/N-ethyl adjacent to an activating group) is 1. The second-order valence-electron chi connectivity index (χ2n) is 7.07. The Bertz CT molecular complexity index is 877. The number of nitrogens with zero attached hydrogens (tertiary/aromatic N) is 2. The minimum Gasteiger partial charge on any atom is -0.354 e. The SMILES string of the molecule is CN=CC1CCC2=C(C1)C1=CC=C(Nc3cc(F)c(F)c(F)c3)NC1N2C. The molecule has 0 fully saturated rings. The van der Waals surface area contributed by atoms with Crippen LogP contribution in [0.25, 0.3) is 0 Å². The van der Waals surface area contributed by atoms with E-state index in [4.69, 9.17) is 0 Å². The fraction of sp³-hybridized carbons (Fsp3) is 0.350. The van der Waals surface area contributed by atoms with Crippen LogP contribution in [0.1, 0.15) is 19.3 Å². The number of rotatable bonds is 3. The van der Waals surface area contributed by atoms with Gasteiger partial charge < -0.3 is 20.5 Å². The molecule has 2 heterocycles. The summed E-state index contributed by atoms with van der Waals surface area (Å²) in [5, 5.41) is 6.29. The lowest BCUT2D eigenvalue weighted by molar-refractivity contribution is 0.316. The molecule has 4 rings (SSSR count). The zero-order valence-corrected chi connectivity index (χ0v) is 15.2. The lowest BCUT2D eigenvalue weighted by Crippen LogP contribution is -2.43. The Balaban J connectivity index is 1.57. The highest BCUT2D eigenvalue weighted by molar-refractivity contribution is 5.64. The second kappa shape index (κ2) is 6.79. The van der Waals surface area contributed by atoms with Gasteiger partial charge in [-0.2, -0.15) is 0 Å². The third kappa shape index (κ3) is 3.11. The highest BCUT2D eigenvalue weighted by atomic mass is 19.2. The molecule has 2 N–H and O–H groups in total. The molecule has 3 aliphatic rings. The second-order valence-corrected chi connectivity index (χ2v) is 7.07. The summed E-state index contributed by atoms with van der Waals surface area (Å²) in [6, 6.07) is 1.88. The van der Waals surface area contributed by atoms with Gasteiger partial charge in [0.05, 0.1) is 0 Å². The average Bonchev–Trinajstić information content (AvgIpc) is 2.92. The lowest BCUT2D eigenvalue weighted by atomic mass is 9.85. The largest absolute Gasteiger partial charge is 0.354 e. The van der Waals surface area contributed by atoms with E-state index < -0.39 is 17.5 Å². The molecule has 0 spiro atoms. The first-order valence-corrected chi connectivity index (χ1v) is 8.95. The van der Waals surface area contributed by atoms with E-state index in [1.54, 1.807) is 7.05 Å². The van der Waals surface area contributed by atoms with Crippen molar-refractivity contribution < 1.29 is 13.2 Å². The molecule has 0 bridgehead atoms. The number of halogens is 3. The number of allylic oxidation sites excluding steroid dienone is 3. The molecule has 1 aromatic rings. The van der Waals surface area contributed by atoms with Gasteiger partial charge in [0.1, 0.15) is 12.0 Å². The van der Waals surface area contributed by atoms with E-state index in [1.165, 1.54) is 16.8 Å². The fourth-order valence-corrected chi connectivity index (χ4v) is 4.09. The van der Waals surface area contributed by atoms with Gasteiger partial charge in [-0.25, -0.2) is 13.2 Å². The van der Waals surface area contributed by atoms with Crippen molar-refractivity contribution in [3.63, 3.8) is 0 Å². The zero-order valence-electron chi connectivity index (χ0n) is 15.2. The highest BCUT2D eigenvalue weighted by Crippen LogP contribution is 2.43. The summed E-state index contributed by atoms with van der Waals surface area (Å²) in [5.74, 6) is -2.85. The zero-order chi connectivity index (χ0) is 19.1. The Morgan fingerprint density at radius 1 is 1.22 bits per heavy atom. The molecule has 0 aromatic heterocycles. The predicted octanol–water partition coefficient (Wildman–Crippen LogP) is 3.91. The van der Waals surface area contributed by atoms with Crippen molar-refractivity contribution in [2.45, 2.75) is 25.4 Å². The standard InChI is InChI=1S/C20H21F3N4/c1-24-10-11-3-5-17-14(7-11)13-4-6-18(26-20(13)27(17)2)25-12-8-15(21)19(23)16(22)9-12/h4,6,8-11,20,25-26H,3,5,7H2,1-2H3. The van der Waals surface area contributed by atoms with Crippen LogP contribution in [0, 0.1) is 23.4 Å². The van der Waals surface area contributed by atoms with E-state index in [-0.39, 0.29) is 11.9 Å². The predicted molar refractivity (Wildman–Crippen MR) is 99.6 cm³/mol. The van der Waals surface area contributed by atoms with Crippen LogP contribution < -0.4 is 10.6 Å². The van der Waals surface area contributed by atoms with Gasteiger partial charge in [0.15, 0.2) is 17.5 Å². The minimum atomic E-state index is -1.47. The molecule has 27 heavy (non-hydrogen) atoms. The van der Waals surface area contributed by atoms with E-state index in [1.807, 2.05) is 25.4 Å². The summed E-state index contributed by atoms with van der Waals surface area (Å²) < 4.78 is 40.0. The quantitative estimate of drug-likeness (QED) is 0.622. The van der Waals surface area contributed by atoms with Crippen molar-refractivity contribution in [1.82, 2.24) is 10.2 Å². The number of hydrogen-bond donors (Lipinski definition) is 2. The Hall–Kier alpha value is -2.70. The van der Waals surface area contributed by atoms with Crippen molar-refractivity contribution in [2.24, 2.45) is 10.9 Å². The number of aliphatic imine (C=N–C) groups is 1. The van der Waals surface area contributed by atoms with Gasteiger partial charge in [-0.1, -0.05) is 6.08 Å². The summed E-state index contributed by atoms with van der Waals surface area (Å²) in [5.41, 5.74) is 4.04. The number of fused-ring (bicyclic) bond motifs is 2. The smallest absolute Gasteiger partial charge is 0.194 e. The average molecular weight is 374 g/mol. The van der Waals surface area contributed by atoms with Crippen LogP contribution in [0.15, 0.2) is 51.9 Å². The molecule has 4 nitrogen and oxygen atoms in total. The van der Waals surface area contributed by atoms with Gasteiger partial charge in [-0.3, -0.25) is 0 Å². The number of dihydropyridines is 1. The highest BCUT2D eigenvalue weighted by Gasteiger charge is 2.38. The Labute approximate surface area is 156 Å². The Morgan fingerprint density at radius 2 is 1.96 bits per heavy atom. The maximum atomic E-state index is 13.4. The molecule has 2 aliphatic heterocycles. The van der Waals surface area contributed by atoms with E-state index in [0.717, 1.165) is 31.4 Å². The van der Waals surface area contributed by atoms with Crippen LogP contribution in [0.3, 0.4) is 0 Å². The first-order valence-electron chi connectivity index (χ1n) is 8.95. The number of benzene rings is 1. The Kier molecular flexibility index (Phi) is 4.45. The molecule has 2 atom stereocenters. The van der Waals surface area contributed by atoms with Crippen molar-refractivity contribution in [2.75, 3.05) is 19.4 Å². The topological polar surface area (TPSA) is 39.7 Å². The van der Waals surface area contributed by atoms with E-state index in [2.05, 4.69) is 20.5 Å². The summed E-state index contributed by atoms with van der Waals surface area (Å²) in [6.45, 7) is 0. The summed E-state index contributed by atoms with van der Waals surface area (Å²) in [6.07, 6.45) is 8.90. The minimum absolute atomic E-state index is 0.0324. The molecule has 2 unspecified atom stereocenters. The van der Waals surface area contributed by atoms with Crippen molar-refractivity contribution in [3.8, 4) is 0 Å². The number of anilines is 1. The molecule has 7 heteroatoms. The van der Waals surface area contributed by atoms with Gasteiger partial charge in [0, 0.05) is 43.8 Å². The fourth-order valence-electron chi connectivity index (χ4n) is 4.09. The van der Waals surface area contributed by atoms with E-state index >= 15 is 0 Å². The van der Waals surface area contributed by atoms with Crippen LogP contribution in [0.4, 0.5) is 18.9 Å². The molecular formula is C20H21F3N4. The van der Waals surface area contributed by atoms with Crippen molar-refractivity contribution in [3.05, 3.63) is 64.4 Å². The van der Waals surface area contributed by atoms with Crippen LogP contribution >= 0.6 is 0 Å². The monoisotopic (exact) mass is 374 g/mol. The maximum Gasteiger partial charge on any atom is 0.194 e. The molecule has 1 aromatic carbocycles. The van der Waals surface area contributed by atoms with Crippen LogP contribution in [-0.4, -0.2) is 31.4 Å². The van der Waals surface area contributed by atoms with Gasteiger partial charge in [-0.15, -0.1) is 0 Å². The summed E-state index contributed by atoms with van der Waals surface area (Å²) in [4.78, 5) is 6.38. The van der Waals surface area contributed by atoms with Crippen LogP contribution in [0.2, 0.25) is 0 Å². The van der Waals surface area contributed by atoms with Crippen molar-refractivity contribution >= 4 is 11.9 Å². The van der Waals surface area contributed by atoms with Gasteiger partial charge in [0.2, 0.25) is 0 Å². The maximum absolute atomic E-state index is 13.4. The van der Waals surface area contributed by atoms with Crippen molar-refractivity contribution in [1.29, 1.82) is 0 Å². The molecular weight excluding hydrogens is 353 g/mol. The molecule has 1 aliphatic carbocycles. The molecule has 0 saturated heterocycles. The molecule has 0 saturated carbocycles. The Morgan fingerprint density at radius 3 is 2.67 bits per heavy atom. The molecule has 0 radical (unpaired) electrons. The van der Waals surface area contributed by atoms with Gasteiger partial charge >= 0.3 is 0 Å². The van der Waals surface area contributed by atoms with E-state index in [0.29, 0.717) is 11.7 Å². The normalized spacial score (nSPS) is 24.4. The first kappa shape index (κ1) is 17.7. The van der Waals surface area contributed by atoms with Gasteiger partial charge in [-0.05, 0) is 42.4 Å². The first-order chi connectivity index (χ1) is 13.0. The third-order valence-corrected chi connectivity index (χ3v) is 5.37. The third-order valence-electron chi connectivity index (χ3n) is 5.37. The van der Waals surface area contributed by atoms with Gasteiger partial charge in [0.25, 0.3) is 0 Å². The lowest BCUT2D eigenvalue weighted by Gasteiger charge is -2.31. The number of hydrogen-bond acceptors (Lipinski definition) is 4.